The van der Waals surface area contributed by atoms with Crippen molar-refractivity contribution >= 4 is 17.3 Å². The Bertz CT molecular complexity index is 1110. The average molecular weight is 384 g/mol. The number of carbonyl (C=O) groups is 1. The van der Waals surface area contributed by atoms with Crippen molar-refractivity contribution in [1.29, 1.82) is 0 Å². The minimum absolute atomic E-state index is 0.150. The van der Waals surface area contributed by atoms with E-state index in [4.69, 9.17) is 4.74 Å². The van der Waals surface area contributed by atoms with Crippen LogP contribution in [-0.2, 0) is 16.0 Å². The van der Waals surface area contributed by atoms with Crippen LogP contribution in [0.4, 0.5) is 0 Å². The van der Waals surface area contributed by atoms with Crippen LogP contribution in [0.1, 0.15) is 22.9 Å². The Hall–Kier alpha value is -3.31. The van der Waals surface area contributed by atoms with Gasteiger partial charge in [0.15, 0.2) is 6.10 Å². The molecule has 0 unspecified atom stereocenters. The van der Waals surface area contributed by atoms with Crippen LogP contribution in [0.15, 0.2) is 78.4 Å². The molecule has 4 nitrogen and oxygen atoms in total. The topological polar surface area (TPSA) is 52.1 Å². The van der Waals surface area contributed by atoms with Gasteiger partial charge >= 0.3 is 5.97 Å². The van der Waals surface area contributed by atoms with Crippen molar-refractivity contribution in [1.82, 2.24) is 9.97 Å². The fourth-order valence-electron chi connectivity index (χ4n) is 3.57. The van der Waals surface area contributed by atoms with Crippen LogP contribution < -0.4 is 0 Å². The van der Waals surface area contributed by atoms with Gasteiger partial charge in [-0.15, -0.1) is 11.3 Å². The first kappa shape index (κ1) is 16.8. The van der Waals surface area contributed by atoms with Crippen LogP contribution in [0, 0.1) is 0 Å². The lowest BCUT2D eigenvalue weighted by molar-refractivity contribution is -0.146. The van der Waals surface area contributed by atoms with Crippen molar-refractivity contribution in [2.45, 2.75) is 12.5 Å². The van der Waals surface area contributed by atoms with Gasteiger partial charge < -0.3 is 4.74 Å². The first-order valence-electron chi connectivity index (χ1n) is 9.02. The maximum atomic E-state index is 12.7. The highest BCUT2D eigenvalue weighted by atomic mass is 32.1. The first-order chi connectivity index (χ1) is 13.8. The second kappa shape index (κ2) is 7.02. The third-order valence-electron chi connectivity index (χ3n) is 4.81. The molecule has 0 spiro atoms. The molecule has 5 rings (SSSR count). The number of benzene rings is 2. The Morgan fingerprint density at radius 3 is 2.36 bits per heavy atom. The zero-order valence-corrected chi connectivity index (χ0v) is 15.7. The predicted octanol–water partition coefficient (Wildman–Crippen LogP) is 5.06. The summed E-state index contributed by atoms with van der Waals surface area (Å²) in [5.74, 6) is -0.278. The molecule has 0 aliphatic heterocycles. The van der Waals surface area contributed by atoms with Crippen LogP contribution in [-0.4, -0.2) is 15.9 Å². The van der Waals surface area contributed by atoms with Gasteiger partial charge in [0.2, 0.25) is 0 Å². The summed E-state index contributed by atoms with van der Waals surface area (Å²) in [6, 6.07) is 20.0. The van der Waals surface area contributed by atoms with Gasteiger partial charge in [0.05, 0.1) is 12.1 Å². The quantitative estimate of drug-likeness (QED) is 0.462. The molecule has 28 heavy (non-hydrogen) atoms. The number of thiazole rings is 1. The molecule has 2 aromatic heterocycles. The lowest BCUT2D eigenvalue weighted by Crippen LogP contribution is -2.13. The van der Waals surface area contributed by atoms with Crippen molar-refractivity contribution in [2.75, 3.05) is 0 Å². The van der Waals surface area contributed by atoms with Gasteiger partial charge in [0, 0.05) is 34.5 Å². The normalized spacial score (nSPS) is 12.4. The van der Waals surface area contributed by atoms with Gasteiger partial charge in [-0.25, -0.2) is 4.98 Å². The zero-order chi connectivity index (χ0) is 18.9. The number of nitrogens with zero attached hydrogens (tertiary/aromatic N) is 2. The molecule has 0 radical (unpaired) electrons. The van der Waals surface area contributed by atoms with E-state index in [2.05, 4.69) is 22.1 Å². The number of aromatic nitrogens is 2. The first-order valence-corrected chi connectivity index (χ1v) is 9.90. The zero-order valence-electron chi connectivity index (χ0n) is 14.9. The summed E-state index contributed by atoms with van der Waals surface area (Å²) in [6.45, 7) is 0. The Balaban J connectivity index is 1.36. The van der Waals surface area contributed by atoms with Crippen molar-refractivity contribution in [2.24, 2.45) is 0 Å². The molecule has 0 saturated carbocycles. The molecule has 0 bridgehead atoms. The van der Waals surface area contributed by atoms with Gasteiger partial charge in [-0.1, -0.05) is 48.5 Å². The van der Waals surface area contributed by atoms with E-state index >= 15 is 0 Å². The third-order valence-corrected chi connectivity index (χ3v) is 5.75. The van der Waals surface area contributed by atoms with Gasteiger partial charge in [-0.05, 0) is 23.3 Å². The minimum Gasteiger partial charge on any atom is -0.452 e. The highest BCUT2D eigenvalue weighted by molar-refractivity contribution is 7.13. The molecule has 0 N–H and O–H groups in total. The Morgan fingerprint density at radius 2 is 1.68 bits per heavy atom. The number of hydrogen-bond donors (Lipinski definition) is 0. The Labute approximate surface area is 166 Å². The molecule has 4 aromatic rings. The van der Waals surface area contributed by atoms with Crippen LogP contribution >= 0.6 is 11.3 Å². The fourth-order valence-corrected chi connectivity index (χ4v) is 4.38. The Kier molecular flexibility index (Phi) is 4.22. The summed E-state index contributed by atoms with van der Waals surface area (Å²) in [5, 5.41) is 2.76. The molecular weight excluding hydrogens is 368 g/mol. The molecule has 0 atom stereocenters. The largest absolute Gasteiger partial charge is 0.452 e. The summed E-state index contributed by atoms with van der Waals surface area (Å²) in [7, 11) is 0. The third kappa shape index (κ3) is 3.00. The average Bonchev–Trinajstić information content (AvgIpc) is 3.33. The smallest absolute Gasteiger partial charge is 0.312 e. The summed E-state index contributed by atoms with van der Waals surface area (Å²) in [4.78, 5) is 21.3. The molecule has 136 valence electrons. The van der Waals surface area contributed by atoms with Crippen molar-refractivity contribution < 1.29 is 9.53 Å². The number of fused-ring (bicyclic) bond motifs is 3. The maximum absolute atomic E-state index is 12.7. The van der Waals surface area contributed by atoms with E-state index in [1.807, 2.05) is 53.9 Å². The number of esters is 1. The second-order valence-corrected chi connectivity index (χ2v) is 7.46. The van der Waals surface area contributed by atoms with Gasteiger partial charge in [0.1, 0.15) is 5.01 Å². The van der Waals surface area contributed by atoms with Crippen molar-refractivity contribution in [3.05, 3.63) is 95.3 Å². The molecule has 0 amide bonds. The van der Waals surface area contributed by atoms with E-state index in [1.54, 1.807) is 12.4 Å². The van der Waals surface area contributed by atoms with E-state index in [1.165, 1.54) is 11.3 Å². The van der Waals surface area contributed by atoms with Gasteiger partial charge in [-0.2, -0.15) is 0 Å². The lowest BCUT2D eigenvalue weighted by Gasteiger charge is -2.14. The monoisotopic (exact) mass is 384 g/mol. The number of hydrogen-bond acceptors (Lipinski definition) is 5. The standard InChI is InChI=1S/C23H16N2O2S/c26-21(12-16-14-28-23(25-16)15-6-5-11-24-13-15)27-22-19-9-3-1-7-17(19)18-8-2-4-10-20(18)22/h1-11,13-14,22H,12H2. The van der Waals surface area contributed by atoms with Crippen molar-refractivity contribution in [3.8, 4) is 21.7 Å². The SMILES string of the molecule is O=C(Cc1csc(-c2cccnc2)n1)OC1c2ccccc2-c2ccccc21. The van der Waals surface area contributed by atoms with E-state index in [0.29, 0.717) is 5.69 Å². The van der Waals surface area contributed by atoms with Crippen LogP contribution in [0.25, 0.3) is 21.7 Å². The van der Waals surface area contributed by atoms with E-state index in [0.717, 1.165) is 32.8 Å². The lowest BCUT2D eigenvalue weighted by atomic mass is 10.1. The maximum Gasteiger partial charge on any atom is 0.312 e. The number of rotatable bonds is 4. The molecule has 1 aliphatic carbocycles. The number of carbonyl (C=O) groups excluding carboxylic acids is 1. The summed E-state index contributed by atoms with van der Waals surface area (Å²) < 4.78 is 5.90. The summed E-state index contributed by atoms with van der Waals surface area (Å²) >= 11 is 1.51. The molecule has 2 heterocycles. The summed E-state index contributed by atoms with van der Waals surface area (Å²) in [6.07, 6.45) is 3.29. The Morgan fingerprint density at radius 1 is 0.964 bits per heavy atom. The number of pyridine rings is 1. The molecule has 0 saturated heterocycles. The predicted molar refractivity (Wildman–Crippen MR) is 109 cm³/mol. The van der Waals surface area contributed by atoms with Crippen molar-refractivity contribution in [3.63, 3.8) is 0 Å². The highest BCUT2D eigenvalue weighted by Gasteiger charge is 2.31. The molecule has 0 fully saturated rings. The highest BCUT2D eigenvalue weighted by Crippen LogP contribution is 2.45. The fraction of sp³-hybridized carbons (Fsp3) is 0.0870. The molecule has 2 aromatic carbocycles. The van der Waals surface area contributed by atoms with Crippen LogP contribution in [0.2, 0.25) is 0 Å². The van der Waals surface area contributed by atoms with Gasteiger partial charge in [0.25, 0.3) is 0 Å². The molecule has 5 heteroatoms. The van der Waals surface area contributed by atoms with Crippen LogP contribution in [0.5, 0.6) is 0 Å². The minimum atomic E-state index is -0.365. The van der Waals surface area contributed by atoms with Crippen LogP contribution in [0.3, 0.4) is 0 Å². The molecular formula is C23H16N2O2S. The van der Waals surface area contributed by atoms with Gasteiger partial charge in [-0.3, -0.25) is 9.78 Å². The summed E-state index contributed by atoms with van der Waals surface area (Å²) in [5.41, 5.74) is 5.99. The van der Waals surface area contributed by atoms with E-state index in [9.17, 15) is 4.79 Å². The van der Waals surface area contributed by atoms with E-state index < -0.39 is 0 Å². The van der Waals surface area contributed by atoms with E-state index in [-0.39, 0.29) is 18.5 Å². The number of ether oxygens (including phenoxy) is 1. The molecule has 1 aliphatic rings. The second-order valence-electron chi connectivity index (χ2n) is 6.61.